The molecule has 0 atom stereocenters. The summed E-state index contributed by atoms with van der Waals surface area (Å²) in [4.78, 5) is 0. The maximum Gasteiger partial charge on any atom is 0.219 e. The molecule has 36 heavy (non-hydrogen) atoms. The topological polar surface area (TPSA) is 40.8 Å². The molecule has 0 aliphatic rings. The molecule has 3 nitrogen and oxygen atoms in total. The fourth-order valence-electron chi connectivity index (χ4n) is 4.97. The van der Waals surface area contributed by atoms with Crippen molar-refractivity contribution >= 4 is 21.9 Å². The van der Waals surface area contributed by atoms with Gasteiger partial charge in [0.25, 0.3) is 0 Å². The lowest BCUT2D eigenvalue weighted by Gasteiger charge is -2.07. The van der Waals surface area contributed by atoms with Gasteiger partial charge in [-0.3, -0.25) is 0 Å². The third kappa shape index (κ3) is 3.45. The van der Waals surface area contributed by atoms with E-state index in [9.17, 15) is 9.65 Å². The molecular weight excluding hydrogens is 447 g/mol. The second-order valence-electron chi connectivity index (χ2n) is 9.00. The molecule has 6 rings (SSSR count). The van der Waals surface area contributed by atoms with Gasteiger partial charge in [0, 0.05) is 28.5 Å². The van der Waals surface area contributed by atoms with Crippen LogP contribution in [0.25, 0.3) is 55.4 Å². The fraction of sp³-hybridized carbons (Fsp3) is 0.0625. The van der Waals surface area contributed by atoms with Gasteiger partial charge in [0.05, 0.1) is 17.2 Å². The van der Waals surface area contributed by atoms with Crippen molar-refractivity contribution in [3.05, 3.63) is 114 Å². The predicted molar refractivity (Wildman–Crippen MR) is 141 cm³/mol. The summed E-state index contributed by atoms with van der Waals surface area (Å²) in [7, 11) is 1.89. The van der Waals surface area contributed by atoms with Crippen molar-refractivity contribution in [2.45, 2.75) is 6.92 Å². The number of aryl methyl sites for hydroxylation is 2. The Balaban J connectivity index is 1.67. The lowest BCUT2D eigenvalue weighted by molar-refractivity contribution is -0.660. The first kappa shape index (κ1) is 21.8. The molecule has 2 heterocycles. The van der Waals surface area contributed by atoms with Gasteiger partial charge in [-0.15, -0.1) is 0 Å². The van der Waals surface area contributed by atoms with Crippen molar-refractivity contribution in [1.29, 1.82) is 5.26 Å². The van der Waals surface area contributed by atoms with Gasteiger partial charge in [-0.1, -0.05) is 60.7 Å². The third-order valence-electron chi connectivity index (χ3n) is 6.77. The summed E-state index contributed by atoms with van der Waals surface area (Å²) in [5, 5.41) is 11.6. The third-order valence-corrected chi connectivity index (χ3v) is 6.77. The summed E-state index contributed by atoms with van der Waals surface area (Å²) in [6.45, 7) is 1.99. The van der Waals surface area contributed by atoms with Gasteiger partial charge < -0.3 is 4.42 Å². The van der Waals surface area contributed by atoms with Crippen LogP contribution < -0.4 is 4.57 Å². The van der Waals surface area contributed by atoms with Crippen LogP contribution in [0.5, 0.6) is 0 Å². The van der Waals surface area contributed by atoms with Crippen LogP contribution in [0.4, 0.5) is 4.39 Å². The van der Waals surface area contributed by atoms with Crippen LogP contribution in [0.1, 0.15) is 11.1 Å². The number of furan rings is 1. The van der Waals surface area contributed by atoms with Crippen molar-refractivity contribution < 1.29 is 13.4 Å². The highest BCUT2D eigenvalue weighted by Crippen LogP contribution is 2.42. The number of aromatic nitrogens is 1. The van der Waals surface area contributed by atoms with Crippen LogP contribution in [0, 0.1) is 24.1 Å². The van der Waals surface area contributed by atoms with Crippen molar-refractivity contribution in [1.82, 2.24) is 0 Å². The zero-order valence-electron chi connectivity index (χ0n) is 19.9. The van der Waals surface area contributed by atoms with Gasteiger partial charge >= 0.3 is 0 Å². The number of halogens is 1. The molecule has 6 aromatic rings. The van der Waals surface area contributed by atoms with E-state index in [1.54, 1.807) is 6.20 Å². The van der Waals surface area contributed by atoms with Gasteiger partial charge in [-0.25, -0.2) is 8.96 Å². The lowest BCUT2D eigenvalue weighted by Crippen LogP contribution is -2.30. The van der Waals surface area contributed by atoms with Crippen LogP contribution in [0.2, 0.25) is 0 Å². The molecule has 2 aromatic heterocycles. The highest BCUT2D eigenvalue weighted by Gasteiger charge is 2.24. The highest BCUT2D eigenvalue weighted by molar-refractivity contribution is 6.15. The Labute approximate surface area is 208 Å². The summed E-state index contributed by atoms with van der Waals surface area (Å²) >= 11 is 0. The normalized spacial score (nSPS) is 11.2. The number of nitriles is 1. The zero-order chi connectivity index (χ0) is 24.8. The summed E-state index contributed by atoms with van der Waals surface area (Å²) in [5.41, 5.74) is 8.48. The van der Waals surface area contributed by atoms with Crippen molar-refractivity contribution in [3.63, 3.8) is 0 Å². The van der Waals surface area contributed by atoms with Crippen LogP contribution in [0.3, 0.4) is 0 Å². The number of hydrogen-bond acceptors (Lipinski definition) is 2. The second kappa shape index (κ2) is 8.48. The Morgan fingerprint density at radius 2 is 1.58 bits per heavy atom. The van der Waals surface area contributed by atoms with E-state index < -0.39 is 0 Å². The van der Waals surface area contributed by atoms with E-state index in [-0.39, 0.29) is 5.82 Å². The first-order valence-electron chi connectivity index (χ1n) is 11.8. The molecule has 0 aliphatic heterocycles. The van der Waals surface area contributed by atoms with Crippen LogP contribution >= 0.6 is 0 Å². The molecule has 0 saturated heterocycles. The van der Waals surface area contributed by atoms with Crippen LogP contribution in [-0.4, -0.2) is 0 Å². The molecule has 0 N–H and O–H groups in total. The Morgan fingerprint density at radius 3 is 2.39 bits per heavy atom. The maximum absolute atomic E-state index is 14.3. The molecule has 0 fully saturated rings. The number of benzene rings is 4. The second-order valence-corrected chi connectivity index (χ2v) is 9.00. The van der Waals surface area contributed by atoms with E-state index in [1.807, 2.05) is 67.1 Å². The molecule has 0 unspecified atom stereocenters. The minimum Gasteiger partial charge on any atom is -0.454 e. The first-order valence-corrected chi connectivity index (χ1v) is 11.8. The quantitative estimate of drug-likeness (QED) is 0.249. The van der Waals surface area contributed by atoms with Crippen molar-refractivity contribution in [3.8, 4) is 39.6 Å². The summed E-state index contributed by atoms with van der Waals surface area (Å²) < 4.78 is 22.7. The Morgan fingerprint density at radius 1 is 0.806 bits per heavy atom. The standard InChI is InChI=1S/C32H22FN2O/c1-20-11-13-27-30-24(19-34)12-14-26(23-10-6-9-22(17-23)21-7-4-3-5-8-21)31(30)36-32(27)29(20)28-18-25(33)15-16-35(28)2/h3-18H,1-2H3/q+1. The summed E-state index contributed by atoms with van der Waals surface area (Å²) in [6.07, 6.45) is 1.70. The van der Waals surface area contributed by atoms with Gasteiger partial charge in [0.15, 0.2) is 6.20 Å². The van der Waals surface area contributed by atoms with Gasteiger partial charge in [-0.05, 0) is 47.4 Å². The van der Waals surface area contributed by atoms with E-state index in [4.69, 9.17) is 4.42 Å². The number of fused-ring (bicyclic) bond motifs is 3. The first-order chi connectivity index (χ1) is 17.5. The molecular formula is C32H22FN2O+. The zero-order valence-corrected chi connectivity index (χ0v) is 19.9. The SMILES string of the molecule is Cc1ccc2c(oc3c(-c4cccc(-c5ccccc5)c4)ccc(C#N)c32)c1-c1cc(F)cc[n+]1C. The minimum absolute atomic E-state index is 0.313. The smallest absolute Gasteiger partial charge is 0.219 e. The Bertz CT molecular complexity index is 1830. The number of nitrogens with zero attached hydrogens (tertiary/aromatic N) is 2. The molecule has 0 spiro atoms. The number of pyridine rings is 1. The molecule has 0 amide bonds. The molecule has 0 radical (unpaired) electrons. The van der Waals surface area contributed by atoms with Gasteiger partial charge in [-0.2, -0.15) is 5.26 Å². The van der Waals surface area contributed by atoms with Crippen LogP contribution in [0.15, 0.2) is 102 Å². The molecule has 172 valence electrons. The lowest BCUT2D eigenvalue weighted by atomic mass is 9.95. The van der Waals surface area contributed by atoms with Gasteiger partial charge in [0.1, 0.15) is 24.0 Å². The van der Waals surface area contributed by atoms with E-state index in [2.05, 4.69) is 36.4 Å². The van der Waals surface area contributed by atoms with E-state index >= 15 is 0 Å². The summed E-state index contributed by atoms with van der Waals surface area (Å²) in [6, 6.07) is 31.6. The molecule has 0 saturated carbocycles. The average molecular weight is 470 g/mol. The Kier molecular flexibility index (Phi) is 5.13. The largest absolute Gasteiger partial charge is 0.454 e. The predicted octanol–water partition coefficient (Wildman–Crippen LogP) is 7.73. The molecule has 4 aromatic carbocycles. The Hall–Kier alpha value is -4.75. The van der Waals surface area contributed by atoms with Crippen molar-refractivity contribution in [2.24, 2.45) is 7.05 Å². The molecule has 0 bridgehead atoms. The fourth-order valence-corrected chi connectivity index (χ4v) is 4.97. The molecule has 4 heteroatoms. The maximum atomic E-state index is 14.3. The number of hydrogen-bond donors (Lipinski definition) is 0. The monoisotopic (exact) mass is 469 g/mol. The minimum atomic E-state index is -0.313. The van der Waals surface area contributed by atoms with E-state index in [0.29, 0.717) is 22.4 Å². The van der Waals surface area contributed by atoms with E-state index in [1.165, 1.54) is 12.1 Å². The van der Waals surface area contributed by atoms with Gasteiger partial charge in [0.2, 0.25) is 5.69 Å². The van der Waals surface area contributed by atoms with Crippen molar-refractivity contribution in [2.75, 3.05) is 0 Å². The number of rotatable bonds is 3. The summed E-state index contributed by atoms with van der Waals surface area (Å²) in [5.74, 6) is -0.313. The van der Waals surface area contributed by atoms with Crippen LogP contribution in [-0.2, 0) is 7.05 Å². The van der Waals surface area contributed by atoms with E-state index in [0.717, 1.165) is 44.2 Å². The molecule has 0 aliphatic carbocycles. The average Bonchev–Trinajstić information content (AvgIpc) is 3.30. The highest BCUT2D eigenvalue weighted by atomic mass is 19.1.